The van der Waals surface area contributed by atoms with Crippen molar-refractivity contribution in [2.24, 2.45) is 10.1 Å². The summed E-state index contributed by atoms with van der Waals surface area (Å²) in [5.74, 6) is -2.51. The number of aliphatic imine (C=N–C) groups is 1. The van der Waals surface area contributed by atoms with Gasteiger partial charge in [-0.15, -0.1) is 5.10 Å². The third kappa shape index (κ3) is 4.39. The van der Waals surface area contributed by atoms with E-state index < -0.39 is 17.7 Å². The van der Waals surface area contributed by atoms with Gasteiger partial charge in [0.05, 0.1) is 5.69 Å². The van der Waals surface area contributed by atoms with Crippen molar-refractivity contribution in [3.05, 3.63) is 99.5 Å². The molecule has 0 spiro atoms. The maximum atomic E-state index is 13.6. The lowest BCUT2D eigenvalue weighted by Crippen LogP contribution is -2.50. The number of hydrogen-bond donors (Lipinski definition) is 1. The van der Waals surface area contributed by atoms with Gasteiger partial charge < -0.3 is 5.32 Å². The number of para-hydroxylation sites is 1. The first-order chi connectivity index (χ1) is 17.3. The molecule has 0 fully saturated rings. The van der Waals surface area contributed by atoms with Gasteiger partial charge in [0.2, 0.25) is 11.8 Å². The Labute approximate surface area is 216 Å². The van der Waals surface area contributed by atoms with Crippen LogP contribution in [0, 0.1) is 6.92 Å². The monoisotopic (exact) mass is 517 g/mol. The number of amidine groups is 1. The number of hydrogen-bond acceptors (Lipinski definition) is 5. The number of anilines is 2. The lowest BCUT2D eigenvalue weighted by Gasteiger charge is -2.25. The predicted octanol–water partition coefficient (Wildman–Crippen LogP) is 4.88. The second kappa shape index (κ2) is 9.41. The molecule has 0 atom stereocenters. The van der Waals surface area contributed by atoms with E-state index in [0.29, 0.717) is 22.0 Å². The minimum Gasteiger partial charge on any atom is -0.319 e. The normalized spacial score (nSPS) is 16.1. The van der Waals surface area contributed by atoms with Crippen molar-refractivity contribution in [1.29, 1.82) is 0 Å². The van der Waals surface area contributed by atoms with Gasteiger partial charge in [0.15, 0.2) is 0 Å². The summed E-state index contributed by atoms with van der Waals surface area (Å²) in [4.78, 5) is 44.9. The highest BCUT2D eigenvalue weighted by Gasteiger charge is 2.45. The number of carbonyl (C=O) groups excluding carboxylic acids is 3. The first-order valence-electron chi connectivity index (χ1n) is 10.8. The quantitative estimate of drug-likeness (QED) is 0.394. The Morgan fingerprint density at radius 3 is 2.39 bits per heavy atom. The van der Waals surface area contributed by atoms with Crippen LogP contribution in [-0.4, -0.2) is 34.4 Å². The van der Waals surface area contributed by atoms with Gasteiger partial charge in [0, 0.05) is 15.7 Å². The highest BCUT2D eigenvalue weighted by molar-refractivity contribution is 6.53. The minimum absolute atomic E-state index is 0.0913. The van der Waals surface area contributed by atoms with E-state index in [1.807, 2.05) is 25.1 Å². The zero-order chi connectivity index (χ0) is 25.4. The summed E-state index contributed by atoms with van der Waals surface area (Å²) in [6.07, 6.45) is 1.32. The van der Waals surface area contributed by atoms with E-state index in [2.05, 4.69) is 15.4 Å². The molecule has 0 radical (unpaired) electrons. The van der Waals surface area contributed by atoms with E-state index in [1.54, 1.807) is 48.5 Å². The third-order valence-corrected chi connectivity index (χ3v) is 6.00. The minimum atomic E-state index is -0.783. The number of halogens is 2. The van der Waals surface area contributed by atoms with Crippen LogP contribution in [0.15, 0.2) is 88.5 Å². The molecule has 1 N–H and O–H groups in total. The van der Waals surface area contributed by atoms with Gasteiger partial charge in [0.25, 0.3) is 17.7 Å². The van der Waals surface area contributed by atoms with Gasteiger partial charge in [-0.1, -0.05) is 65.2 Å². The first-order valence-corrected chi connectivity index (χ1v) is 11.5. The Morgan fingerprint density at radius 1 is 0.972 bits per heavy atom. The Morgan fingerprint density at radius 2 is 1.69 bits per heavy atom. The molecule has 0 aromatic heterocycles. The van der Waals surface area contributed by atoms with Crippen molar-refractivity contribution in [3.8, 4) is 0 Å². The fourth-order valence-electron chi connectivity index (χ4n) is 3.63. The van der Waals surface area contributed by atoms with Crippen LogP contribution >= 0.6 is 23.2 Å². The summed E-state index contributed by atoms with van der Waals surface area (Å²) in [6.45, 7) is 1.92. The van der Waals surface area contributed by atoms with Crippen LogP contribution in [0.1, 0.15) is 11.1 Å². The maximum Gasteiger partial charge on any atom is 0.294 e. The second-order valence-electron chi connectivity index (χ2n) is 7.97. The van der Waals surface area contributed by atoms with E-state index in [-0.39, 0.29) is 22.4 Å². The summed E-state index contributed by atoms with van der Waals surface area (Å²) in [5, 5.41) is 9.05. The largest absolute Gasteiger partial charge is 0.319 e. The molecule has 0 unspecified atom stereocenters. The van der Waals surface area contributed by atoms with E-state index >= 15 is 0 Å². The number of amides is 3. The average molecular weight is 518 g/mol. The van der Waals surface area contributed by atoms with Crippen LogP contribution in [0.5, 0.6) is 0 Å². The lowest BCUT2D eigenvalue weighted by molar-refractivity contribution is -0.126. The van der Waals surface area contributed by atoms with Crippen molar-refractivity contribution in [3.63, 3.8) is 0 Å². The maximum absolute atomic E-state index is 13.6. The third-order valence-electron chi connectivity index (χ3n) is 5.44. The van der Waals surface area contributed by atoms with Crippen LogP contribution < -0.4 is 10.3 Å². The van der Waals surface area contributed by atoms with Crippen molar-refractivity contribution < 1.29 is 14.4 Å². The molecule has 2 heterocycles. The Hall–Kier alpha value is -4.27. The molecule has 0 aliphatic carbocycles. The van der Waals surface area contributed by atoms with E-state index in [4.69, 9.17) is 23.2 Å². The molecule has 3 amide bonds. The summed E-state index contributed by atoms with van der Waals surface area (Å²) in [7, 11) is 0. The average Bonchev–Trinajstić information content (AvgIpc) is 3.23. The molecular weight excluding hydrogens is 501 g/mol. The van der Waals surface area contributed by atoms with Crippen molar-refractivity contribution in [1.82, 2.24) is 4.90 Å². The van der Waals surface area contributed by atoms with Crippen LogP contribution in [0.2, 0.25) is 10.0 Å². The number of nitrogens with zero attached hydrogens (tertiary/aromatic N) is 4. The van der Waals surface area contributed by atoms with Gasteiger partial charge in [-0.05, 0) is 55.0 Å². The van der Waals surface area contributed by atoms with Crippen molar-refractivity contribution in [2.75, 3.05) is 10.3 Å². The SMILES string of the molecule is Cc1ccc(N2N=C(C(=O)Nc3ccccc3)N3C(=O)/C(=C\c4ccc(Cl)cc4Cl)C(=O)N=C32)cc1. The van der Waals surface area contributed by atoms with Crippen LogP contribution in [0.4, 0.5) is 11.4 Å². The molecule has 3 aromatic rings. The summed E-state index contributed by atoms with van der Waals surface area (Å²) < 4.78 is 0. The molecular formula is C26H17Cl2N5O3. The second-order valence-corrected chi connectivity index (χ2v) is 8.82. The van der Waals surface area contributed by atoms with Gasteiger partial charge in [-0.2, -0.15) is 10.0 Å². The smallest absolute Gasteiger partial charge is 0.294 e. The highest BCUT2D eigenvalue weighted by Crippen LogP contribution is 2.30. The van der Waals surface area contributed by atoms with Crippen LogP contribution in [0.25, 0.3) is 6.08 Å². The number of hydrazone groups is 1. The number of rotatable bonds is 4. The first kappa shape index (κ1) is 23.5. The fourth-order valence-corrected chi connectivity index (χ4v) is 4.10. The van der Waals surface area contributed by atoms with Crippen molar-refractivity contribution >= 4 is 70.2 Å². The summed E-state index contributed by atoms with van der Waals surface area (Å²) >= 11 is 12.2. The Kier molecular flexibility index (Phi) is 6.13. The summed E-state index contributed by atoms with van der Waals surface area (Å²) in [6, 6.07) is 20.6. The van der Waals surface area contributed by atoms with Crippen LogP contribution in [-0.2, 0) is 14.4 Å². The standard InChI is InChI=1S/C26H17Cl2N5O3/c1-15-7-11-19(12-8-15)33-26-30-23(34)20(13-16-9-10-17(27)14-21(16)28)25(36)32(26)22(31-33)24(35)29-18-5-3-2-4-6-18/h2-14H,1H3,(H,29,35)/b20-13-. The van der Waals surface area contributed by atoms with E-state index in [9.17, 15) is 14.4 Å². The fraction of sp³-hybridized carbons (Fsp3) is 0.0385. The van der Waals surface area contributed by atoms with Gasteiger partial charge >= 0.3 is 0 Å². The molecule has 36 heavy (non-hydrogen) atoms. The number of guanidine groups is 1. The zero-order valence-electron chi connectivity index (χ0n) is 18.8. The van der Waals surface area contributed by atoms with E-state index in [1.165, 1.54) is 17.2 Å². The molecule has 8 nitrogen and oxygen atoms in total. The molecule has 2 aliphatic rings. The molecule has 178 valence electrons. The molecule has 0 saturated heterocycles. The molecule has 2 aliphatic heterocycles. The summed E-state index contributed by atoms with van der Waals surface area (Å²) in [5.41, 5.74) is 2.18. The topological polar surface area (TPSA) is 94.4 Å². The number of fused-ring (bicyclic) bond motifs is 1. The van der Waals surface area contributed by atoms with Crippen molar-refractivity contribution in [2.45, 2.75) is 6.92 Å². The predicted molar refractivity (Wildman–Crippen MR) is 140 cm³/mol. The van der Waals surface area contributed by atoms with Gasteiger partial charge in [-0.25, -0.2) is 4.90 Å². The number of aryl methyl sites for hydroxylation is 1. The van der Waals surface area contributed by atoms with E-state index in [0.717, 1.165) is 10.5 Å². The number of benzene rings is 3. The molecule has 0 saturated carbocycles. The molecule has 5 rings (SSSR count). The molecule has 3 aromatic carbocycles. The number of nitrogens with one attached hydrogen (secondary N) is 1. The molecule has 10 heteroatoms. The Balaban J connectivity index is 1.59. The Bertz CT molecular complexity index is 1500. The lowest BCUT2D eigenvalue weighted by atomic mass is 10.1. The highest BCUT2D eigenvalue weighted by atomic mass is 35.5. The van der Waals surface area contributed by atoms with Gasteiger partial charge in [-0.3, -0.25) is 14.4 Å². The zero-order valence-corrected chi connectivity index (χ0v) is 20.3. The van der Waals surface area contributed by atoms with Gasteiger partial charge in [0.1, 0.15) is 5.57 Å². The number of carbonyl (C=O) groups is 3. The molecule has 0 bridgehead atoms. The van der Waals surface area contributed by atoms with Crippen LogP contribution in [0.3, 0.4) is 0 Å².